The van der Waals surface area contributed by atoms with E-state index in [1.807, 2.05) is 0 Å². The Morgan fingerprint density at radius 2 is 1.80 bits per heavy atom. The predicted octanol–water partition coefficient (Wildman–Crippen LogP) is 2.35. The smallest absolute Gasteiger partial charge is 0.336 e. The Bertz CT molecular complexity index is 538. The van der Waals surface area contributed by atoms with Gasteiger partial charge in [0.15, 0.2) is 6.29 Å². The largest absolute Gasteiger partial charge is 0.478 e. The summed E-state index contributed by atoms with van der Waals surface area (Å²) in [4.78, 5) is 21.8. The molecule has 0 radical (unpaired) electrons. The number of carbonyl (C=O) groups is 2. The lowest BCUT2D eigenvalue weighted by Gasteiger charge is -2.04. The SMILES string of the molecule is O=Cc1cccc2cccc(C(=O)O)c12. The zero-order valence-corrected chi connectivity index (χ0v) is 7.81. The zero-order valence-electron chi connectivity index (χ0n) is 7.81. The van der Waals surface area contributed by atoms with Gasteiger partial charge in [0.1, 0.15) is 0 Å². The Hall–Kier alpha value is -2.16. The van der Waals surface area contributed by atoms with Gasteiger partial charge in [0.05, 0.1) is 5.56 Å². The molecule has 0 fully saturated rings. The van der Waals surface area contributed by atoms with Crippen LogP contribution in [0.15, 0.2) is 36.4 Å². The number of rotatable bonds is 2. The van der Waals surface area contributed by atoms with Crippen molar-refractivity contribution in [3.8, 4) is 0 Å². The van der Waals surface area contributed by atoms with E-state index in [0.717, 1.165) is 5.39 Å². The lowest BCUT2D eigenvalue weighted by Crippen LogP contribution is -1.99. The second-order valence-corrected chi connectivity index (χ2v) is 3.17. The summed E-state index contributed by atoms with van der Waals surface area (Å²) in [6.07, 6.45) is 0.675. The summed E-state index contributed by atoms with van der Waals surface area (Å²) in [6.45, 7) is 0. The van der Waals surface area contributed by atoms with Gasteiger partial charge in [-0.15, -0.1) is 0 Å². The van der Waals surface area contributed by atoms with Crippen LogP contribution in [0.2, 0.25) is 0 Å². The Kier molecular flexibility index (Phi) is 2.21. The van der Waals surface area contributed by atoms with Crippen LogP contribution in [0.1, 0.15) is 20.7 Å². The third-order valence-electron chi connectivity index (χ3n) is 2.29. The third kappa shape index (κ3) is 1.48. The highest BCUT2D eigenvalue weighted by Gasteiger charge is 2.10. The van der Waals surface area contributed by atoms with E-state index < -0.39 is 5.97 Å². The fourth-order valence-electron chi connectivity index (χ4n) is 1.65. The van der Waals surface area contributed by atoms with Crippen molar-refractivity contribution in [2.24, 2.45) is 0 Å². The van der Waals surface area contributed by atoms with Gasteiger partial charge in [-0.25, -0.2) is 4.79 Å². The second-order valence-electron chi connectivity index (χ2n) is 3.17. The Balaban J connectivity index is 2.93. The van der Waals surface area contributed by atoms with E-state index in [1.165, 1.54) is 6.07 Å². The molecule has 2 aromatic carbocycles. The monoisotopic (exact) mass is 200 g/mol. The highest BCUT2D eigenvalue weighted by atomic mass is 16.4. The predicted molar refractivity (Wildman–Crippen MR) is 56.3 cm³/mol. The molecular formula is C12H8O3. The van der Waals surface area contributed by atoms with Crippen LogP contribution in [0.4, 0.5) is 0 Å². The average Bonchev–Trinajstić information content (AvgIpc) is 2.27. The van der Waals surface area contributed by atoms with Crippen molar-refractivity contribution >= 4 is 23.0 Å². The van der Waals surface area contributed by atoms with Crippen molar-refractivity contribution in [1.82, 2.24) is 0 Å². The van der Waals surface area contributed by atoms with Gasteiger partial charge in [-0.05, 0) is 11.5 Å². The van der Waals surface area contributed by atoms with Crippen molar-refractivity contribution in [3.05, 3.63) is 47.5 Å². The van der Waals surface area contributed by atoms with E-state index in [0.29, 0.717) is 17.2 Å². The van der Waals surface area contributed by atoms with Crippen molar-refractivity contribution in [2.75, 3.05) is 0 Å². The van der Waals surface area contributed by atoms with Gasteiger partial charge in [0.2, 0.25) is 0 Å². The normalized spacial score (nSPS) is 10.1. The maximum atomic E-state index is 11.0. The Labute approximate surface area is 86.0 Å². The van der Waals surface area contributed by atoms with Crippen LogP contribution in [0.5, 0.6) is 0 Å². The Morgan fingerprint density at radius 1 is 1.13 bits per heavy atom. The van der Waals surface area contributed by atoms with Gasteiger partial charge in [-0.2, -0.15) is 0 Å². The molecule has 2 aromatic rings. The highest BCUT2D eigenvalue weighted by molar-refractivity contribution is 6.09. The first kappa shape index (κ1) is 9.40. The molecule has 0 spiro atoms. The number of carboxylic acid groups (broad SMARTS) is 1. The first-order chi connectivity index (χ1) is 7.24. The minimum atomic E-state index is -1.02. The summed E-state index contributed by atoms with van der Waals surface area (Å²) in [5.74, 6) is -1.02. The molecular weight excluding hydrogens is 192 g/mol. The topological polar surface area (TPSA) is 54.4 Å². The van der Waals surface area contributed by atoms with E-state index in [2.05, 4.69) is 0 Å². The highest BCUT2D eigenvalue weighted by Crippen LogP contribution is 2.21. The van der Waals surface area contributed by atoms with Gasteiger partial charge in [-0.1, -0.05) is 30.3 Å². The number of fused-ring (bicyclic) bond motifs is 1. The van der Waals surface area contributed by atoms with Gasteiger partial charge in [0.25, 0.3) is 0 Å². The quantitative estimate of drug-likeness (QED) is 0.757. The molecule has 0 amide bonds. The van der Waals surface area contributed by atoms with Crippen LogP contribution in [0, 0.1) is 0 Å². The van der Waals surface area contributed by atoms with E-state index in [9.17, 15) is 9.59 Å². The molecule has 0 aliphatic rings. The number of hydrogen-bond acceptors (Lipinski definition) is 2. The minimum Gasteiger partial charge on any atom is -0.478 e. The summed E-state index contributed by atoms with van der Waals surface area (Å²) < 4.78 is 0. The number of hydrogen-bond donors (Lipinski definition) is 1. The molecule has 0 atom stereocenters. The molecule has 1 N–H and O–H groups in total. The second kappa shape index (κ2) is 3.53. The summed E-state index contributed by atoms with van der Waals surface area (Å²) in [5, 5.41) is 10.3. The molecule has 3 nitrogen and oxygen atoms in total. The van der Waals surface area contributed by atoms with Crippen LogP contribution >= 0.6 is 0 Å². The minimum absolute atomic E-state index is 0.162. The molecule has 74 valence electrons. The van der Waals surface area contributed by atoms with Crippen LogP contribution in [0.3, 0.4) is 0 Å². The van der Waals surface area contributed by atoms with Gasteiger partial charge in [-0.3, -0.25) is 4.79 Å². The molecule has 0 bridgehead atoms. The van der Waals surface area contributed by atoms with Crippen LogP contribution in [-0.2, 0) is 0 Å². The standard InChI is InChI=1S/C12H8O3/c13-7-9-5-1-3-8-4-2-6-10(11(8)9)12(14)15/h1-7H,(H,14,15). The maximum absolute atomic E-state index is 11.0. The first-order valence-electron chi connectivity index (χ1n) is 4.44. The number of aromatic carboxylic acids is 1. The van der Waals surface area contributed by atoms with Gasteiger partial charge in [0, 0.05) is 10.9 Å². The molecule has 0 aliphatic carbocycles. The average molecular weight is 200 g/mol. The zero-order chi connectivity index (χ0) is 10.8. The summed E-state index contributed by atoms with van der Waals surface area (Å²) in [7, 11) is 0. The molecule has 0 heterocycles. The number of carboxylic acids is 1. The molecule has 2 rings (SSSR count). The fraction of sp³-hybridized carbons (Fsp3) is 0. The number of benzene rings is 2. The van der Waals surface area contributed by atoms with E-state index in [1.54, 1.807) is 30.3 Å². The molecule has 0 saturated heterocycles. The molecule has 3 heteroatoms. The summed E-state index contributed by atoms with van der Waals surface area (Å²) in [5.41, 5.74) is 0.570. The van der Waals surface area contributed by atoms with Crippen molar-refractivity contribution in [3.63, 3.8) is 0 Å². The fourth-order valence-corrected chi connectivity index (χ4v) is 1.65. The van der Waals surface area contributed by atoms with E-state index in [-0.39, 0.29) is 5.56 Å². The lowest BCUT2D eigenvalue weighted by atomic mass is 10.00. The van der Waals surface area contributed by atoms with Crippen LogP contribution in [0.25, 0.3) is 10.8 Å². The van der Waals surface area contributed by atoms with Crippen molar-refractivity contribution in [2.45, 2.75) is 0 Å². The molecule has 15 heavy (non-hydrogen) atoms. The van der Waals surface area contributed by atoms with E-state index in [4.69, 9.17) is 5.11 Å². The van der Waals surface area contributed by atoms with Crippen LogP contribution < -0.4 is 0 Å². The van der Waals surface area contributed by atoms with Crippen LogP contribution in [-0.4, -0.2) is 17.4 Å². The van der Waals surface area contributed by atoms with Crippen molar-refractivity contribution < 1.29 is 14.7 Å². The molecule has 0 saturated carbocycles. The molecule has 0 aromatic heterocycles. The molecule has 0 unspecified atom stereocenters. The Morgan fingerprint density at radius 3 is 2.40 bits per heavy atom. The third-order valence-corrected chi connectivity index (χ3v) is 2.29. The lowest BCUT2D eigenvalue weighted by molar-refractivity contribution is 0.0699. The maximum Gasteiger partial charge on any atom is 0.336 e. The van der Waals surface area contributed by atoms with Gasteiger partial charge < -0.3 is 5.11 Å². The van der Waals surface area contributed by atoms with Crippen molar-refractivity contribution in [1.29, 1.82) is 0 Å². The van der Waals surface area contributed by atoms with E-state index >= 15 is 0 Å². The number of aldehydes is 1. The first-order valence-corrected chi connectivity index (χ1v) is 4.44. The van der Waals surface area contributed by atoms with Gasteiger partial charge >= 0.3 is 5.97 Å². The summed E-state index contributed by atoms with van der Waals surface area (Å²) >= 11 is 0. The summed E-state index contributed by atoms with van der Waals surface area (Å²) in [6, 6.07) is 10.1. The number of carbonyl (C=O) groups excluding carboxylic acids is 1. The molecule has 0 aliphatic heterocycles.